The van der Waals surface area contributed by atoms with E-state index in [0.717, 1.165) is 25.7 Å². The minimum absolute atomic E-state index is 0.0252. The van der Waals surface area contributed by atoms with Gasteiger partial charge in [0.2, 0.25) is 8.32 Å². The molecule has 0 aromatic heterocycles. The molecule has 2 fully saturated rings. The molecule has 2 aromatic carbocycles. The smallest absolute Gasteiger partial charge is 0.261 e. The quantitative estimate of drug-likeness (QED) is 0.247. The molecule has 2 aliphatic rings. The van der Waals surface area contributed by atoms with E-state index in [2.05, 4.69) is 130 Å². The molecule has 2 saturated heterocycles. The summed E-state index contributed by atoms with van der Waals surface area (Å²) in [7, 11) is -4.94. The standard InChI is InChI=1S/C38H62O5Si2/c1-28(2)44(29(3)4,30(5)6)43-35-27-32(42-38(36(35)39)25-18-17-19-31(7)41-38)24-26-40-45(37(8,9)10,33-20-13-11-14-21-33)34-22-15-12-16-23-34/h11-16,20-23,28-32,35-36,39H,17-19,24-27H2,1-10H3/t31-,32+,35+,36-,38+/m0/s1. The molecule has 0 saturated carbocycles. The lowest BCUT2D eigenvalue weighted by atomic mass is 9.90. The van der Waals surface area contributed by atoms with Crippen LogP contribution in [-0.4, -0.2) is 58.6 Å². The Kier molecular flexibility index (Phi) is 12.0. The zero-order chi connectivity index (χ0) is 33.0. The molecule has 5 atom stereocenters. The number of rotatable bonds is 11. The fraction of sp³-hybridized carbons (Fsp3) is 0.684. The lowest BCUT2D eigenvalue weighted by molar-refractivity contribution is -0.350. The maximum atomic E-state index is 12.1. The van der Waals surface area contributed by atoms with Gasteiger partial charge in [-0.05, 0) is 58.2 Å². The Morgan fingerprint density at radius 2 is 1.38 bits per heavy atom. The zero-order valence-corrected chi connectivity index (χ0v) is 31.8. The van der Waals surface area contributed by atoms with E-state index in [4.69, 9.17) is 18.3 Å². The summed E-state index contributed by atoms with van der Waals surface area (Å²) in [6.45, 7) is 23.5. The SMILES string of the molecule is CC(C)[Si](O[C@@H]1C[C@@H](CCO[Si](c2ccccc2)(c2ccccc2)C(C)(C)C)O[C@]2(CCCC[C@H](C)O2)[C@H]1O)(C(C)C)C(C)C. The van der Waals surface area contributed by atoms with Crippen LogP contribution in [0.3, 0.4) is 0 Å². The van der Waals surface area contributed by atoms with Gasteiger partial charge in [-0.15, -0.1) is 0 Å². The number of hydrogen-bond acceptors (Lipinski definition) is 5. The lowest BCUT2D eigenvalue weighted by Gasteiger charge is -2.52. The second-order valence-corrected chi connectivity index (χ2v) is 25.4. The fourth-order valence-electron chi connectivity index (χ4n) is 8.70. The Hall–Kier alpha value is -1.33. The largest absolute Gasteiger partial charge is 0.410 e. The number of aliphatic hydroxyl groups is 1. The molecule has 252 valence electrons. The first kappa shape index (κ1) is 36.5. The van der Waals surface area contributed by atoms with Gasteiger partial charge in [0, 0.05) is 19.4 Å². The molecule has 0 radical (unpaired) electrons. The van der Waals surface area contributed by atoms with Crippen LogP contribution in [0.1, 0.15) is 108 Å². The Bertz CT molecular complexity index is 1120. The molecule has 0 amide bonds. The van der Waals surface area contributed by atoms with Crippen LogP contribution >= 0.6 is 0 Å². The van der Waals surface area contributed by atoms with Gasteiger partial charge < -0.3 is 23.4 Å². The van der Waals surface area contributed by atoms with E-state index in [1.165, 1.54) is 10.4 Å². The van der Waals surface area contributed by atoms with Gasteiger partial charge >= 0.3 is 0 Å². The lowest BCUT2D eigenvalue weighted by Crippen LogP contribution is -2.67. The first-order valence-electron chi connectivity index (χ1n) is 17.7. The van der Waals surface area contributed by atoms with Gasteiger partial charge in [0.1, 0.15) is 6.10 Å². The van der Waals surface area contributed by atoms with Crippen molar-refractivity contribution in [3.05, 3.63) is 60.7 Å². The minimum atomic E-state index is -2.67. The molecule has 0 bridgehead atoms. The first-order valence-corrected chi connectivity index (χ1v) is 21.7. The van der Waals surface area contributed by atoms with Crippen LogP contribution in [0.15, 0.2) is 60.7 Å². The van der Waals surface area contributed by atoms with Gasteiger partial charge in [-0.25, -0.2) is 0 Å². The van der Waals surface area contributed by atoms with Crippen LogP contribution in [0.5, 0.6) is 0 Å². The van der Waals surface area contributed by atoms with Gasteiger partial charge in [-0.3, -0.25) is 0 Å². The highest BCUT2D eigenvalue weighted by Gasteiger charge is 2.56. The van der Waals surface area contributed by atoms with Gasteiger partial charge in [-0.2, -0.15) is 0 Å². The van der Waals surface area contributed by atoms with Gasteiger partial charge in [0.25, 0.3) is 8.32 Å². The van der Waals surface area contributed by atoms with Crippen LogP contribution < -0.4 is 10.4 Å². The van der Waals surface area contributed by atoms with E-state index in [-0.39, 0.29) is 23.4 Å². The second kappa shape index (κ2) is 14.8. The van der Waals surface area contributed by atoms with E-state index in [1.54, 1.807) is 0 Å². The highest BCUT2D eigenvalue weighted by molar-refractivity contribution is 6.99. The normalized spacial score (nSPS) is 27.0. The van der Waals surface area contributed by atoms with E-state index in [1.807, 2.05) is 0 Å². The fourth-order valence-corrected chi connectivity index (χ4v) is 18.8. The van der Waals surface area contributed by atoms with Crippen LogP contribution in [0.4, 0.5) is 0 Å². The first-order chi connectivity index (χ1) is 21.2. The molecular formula is C38H62O5Si2. The molecule has 0 aliphatic carbocycles. The van der Waals surface area contributed by atoms with Crippen molar-refractivity contribution < 1.29 is 23.4 Å². The Morgan fingerprint density at radius 3 is 1.87 bits per heavy atom. The summed E-state index contributed by atoms with van der Waals surface area (Å²) >= 11 is 0. The van der Waals surface area contributed by atoms with E-state index < -0.39 is 28.5 Å². The summed E-state index contributed by atoms with van der Waals surface area (Å²) in [6.07, 6.45) is 3.81. The van der Waals surface area contributed by atoms with Gasteiger partial charge in [0.05, 0.1) is 18.3 Å². The van der Waals surface area contributed by atoms with Crippen LogP contribution in [0.2, 0.25) is 21.7 Å². The molecule has 2 aliphatic heterocycles. The predicted molar refractivity (Wildman–Crippen MR) is 191 cm³/mol. The van der Waals surface area contributed by atoms with Crippen molar-refractivity contribution in [1.82, 2.24) is 0 Å². The number of ether oxygens (including phenoxy) is 2. The molecule has 5 nitrogen and oxygen atoms in total. The van der Waals surface area contributed by atoms with Crippen molar-refractivity contribution in [2.45, 2.75) is 160 Å². The summed E-state index contributed by atoms with van der Waals surface area (Å²) < 4.78 is 28.2. The highest BCUT2D eigenvalue weighted by Crippen LogP contribution is 2.47. The summed E-state index contributed by atoms with van der Waals surface area (Å²) in [5.74, 6) is -1.05. The molecule has 45 heavy (non-hydrogen) atoms. The average Bonchev–Trinajstić information content (AvgIpc) is 3.17. The molecule has 7 heteroatoms. The van der Waals surface area contributed by atoms with Crippen molar-refractivity contribution in [1.29, 1.82) is 0 Å². The monoisotopic (exact) mass is 654 g/mol. The number of aliphatic hydroxyl groups excluding tert-OH is 1. The van der Waals surface area contributed by atoms with Crippen molar-refractivity contribution in [2.75, 3.05) is 6.61 Å². The molecule has 2 aromatic rings. The zero-order valence-electron chi connectivity index (χ0n) is 29.8. The summed E-state index contributed by atoms with van der Waals surface area (Å²) in [4.78, 5) is 0. The van der Waals surface area contributed by atoms with E-state index in [0.29, 0.717) is 36.1 Å². The van der Waals surface area contributed by atoms with Crippen molar-refractivity contribution >= 4 is 27.0 Å². The third-order valence-electron chi connectivity index (χ3n) is 10.7. The van der Waals surface area contributed by atoms with Crippen molar-refractivity contribution in [2.24, 2.45) is 0 Å². The number of hydrogen-bond donors (Lipinski definition) is 1. The predicted octanol–water partition coefficient (Wildman–Crippen LogP) is 8.34. The Labute approximate surface area is 276 Å². The Balaban J connectivity index is 1.67. The minimum Gasteiger partial charge on any atom is -0.410 e. The van der Waals surface area contributed by atoms with Crippen molar-refractivity contribution in [3.8, 4) is 0 Å². The molecule has 4 rings (SSSR count). The molecule has 0 unspecified atom stereocenters. The topological polar surface area (TPSA) is 57.2 Å². The van der Waals surface area contributed by atoms with Crippen LogP contribution in [0.25, 0.3) is 0 Å². The van der Waals surface area contributed by atoms with E-state index in [9.17, 15) is 5.11 Å². The van der Waals surface area contributed by atoms with E-state index >= 15 is 0 Å². The summed E-state index contributed by atoms with van der Waals surface area (Å²) in [6, 6.07) is 21.7. The third kappa shape index (κ3) is 7.40. The van der Waals surface area contributed by atoms with Crippen LogP contribution in [0, 0.1) is 0 Å². The molecule has 1 N–H and O–H groups in total. The summed E-state index contributed by atoms with van der Waals surface area (Å²) in [5, 5.41) is 14.6. The van der Waals surface area contributed by atoms with Crippen LogP contribution in [-0.2, 0) is 18.3 Å². The molecule has 2 heterocycles. The maximum absolute atomic E-state index is 12.1. The van der Waals surface area contributed by atoms with Crippen molar-refractivity contribution in [3.63, 3.8) is 0 Å². The average molecular weight is 655 g/mol. The number of benzene rings is 2. The maximum Gasteiger partial charge on any atom is 0.261 e. The summed E-state index contributed by atoms with van der Waals surface area (Å²) in [5.41, 5.74) is 1.28. The second-order valence-electron chi connectivity index (χ2n) is 15.7. The van der Waals surface area contributed by atoms with Gasteiger partial charge in [0.15, 0.2) is 5.79 Å². The third-order valence-corrected chi connectivity index (χ3v) is 21.9. The molecule has 1 spiro atoms. The Morgan fingerprint density at radius 1 is 0.844 bits per heavy atom. The highest BCUT2D eigenvalue weighted by atomic mass is 28.4. The molecular weight excluding hydrogens is 593 g/mol. The van der Waals surface area contributed by atoms with Gasteiger partial charge in [-0.1, -0.05) is 129 Å².